The number of hydrogen-bond acceptors (Lipinski definition) is 3. The monoisotopic (exact) mass is 262 g/mol. The summed E-state index contributed by atoms with van der Waals surface area (Å²) in [5, 5.41) is 11.9. The second kappa shape index (κ2) is 5.40. The van der Waals surface area contributed by atoms with Gasteiger partial charge >= 0.3 is 0 Å². The molecule has 1 aliphatic carbocycles. The SMILES string of the molecule is CC(=O)c1cc(C(=O)N[C@@H]2C=C[C@H](CO)C2)n(C)c1. The number of carbonyl (C=O) groups is 2. The van der Waals surface area contributed by atoms with Crippen LogP contribution in [0.3, 0.4) is 0 Å². The Morgan fingerprint density at radius 3 is 2.74 bits per heavy atom. The highest BCUT2D eigenvalue weighted by Gasteiger charge is 2.21. The molecule has 0 bridgehead atoms. The second-order valence-electron chi connectivity index (χ2n) is 4.92. The van der Waals surface area contributed by atoms with E-state index in [2.05, 4.69) is 5.32 Å². The lowest BCUT2D eigenvalue weighted by molar-refractivity contribution is 0.0932. The van der Waals surface area contributed by atoms with Gasteiger partial charge in [-0.25, -0.2) is 0 Å². The summed E-state index contributed by atoms with van der Waals surface area (Å²) in [6.07, 6.45) is 6.18. The molecule has 19 heavy (non-hydrogen) atoms. The van der Waals surface area contributed by atoms with Crippen molar-refractivity contribution in [3.05, 3.63) is 35.7 Å². The summed E-state index contributed by atoms with van der Waals surface area (Å²) < 4.78 is 1.65. The van der Waals surface area contributed by atoms with Crippen molar-refractivity contribution in [2.75, 3.05) is 6.61 Å². The van der Waals surface area contributed by atoms with Crippen molar-refractivity contribution < 1.29 is 14.7 Å². The summed E-state index contributed by atoms with van der Waals surface area (Å²) in [5.41, 5.74) is 0.994. The minimum Gasteiger partial charge on any atom is -0.396 e. The molecular weight excluding hydrogens is 244 g/mol. The van der Waals surface area contributed by atoms with Crippen LogP contribution in [0.4, 0.5) is 0 Å². The van der Waals surface area contributed by atoms with E-state index in [9.17, 15) is 9.59 Å². The van der Waals surface area contributed by atoms with E-state index < -0.39 is 0 Å². The Morgan fingerprint density at radius 1 is 1.47 bits per heavy atom. The van der Waals surface area contributed by atoms with Gasteiger partial charge in [-0.2, -0.15) is 0 Å². The normalized spacial score (nSPS) is 21.6. The Labute approximate surface area is 111 Å². The van der Waals surface area contributed by atoms with Gasteiger partial charge in [-0.05, 0) is 19.4 Å². The summed E-state index contributed by atoms with van der Waals surface area (Å²) in [5.74, 6) is -0.148. The highest BCUT2D eigenvalue weighted by Crippen LogP contribution is 2.17. The Bertz CT molecular complexity index is 531. The molecule has 2 rings (SSSR count). The highest BCUT2D eigenvalue weighted by molar-refractivity contribution is 5.99. The lowest BCUT2D eigenvalue weighted by Crippen LogP contribution is -2.33. The smallest absolute Gasteiger partial charge is 0.268 e. The van der Waals surface area contributed by atoms with Gasteiger partial charge in [0.25, 0.3) is 5.91 Å². The number of nitrogens with one attached hydrogen (secondary N) is 1. The molecule has 2 atom stereocenters. The largest absolute Gasteiger partial charge is 0.396 e. The number of aliphatic hydroxyl groups excluding tert-OH is 1. The summed E-state index contributed by atoms with van der Waals surface area (Å²) in [7, 11) is 1.74. The zero-order chi connectivity index (χ0) is 14.0. The molecule has 102 valence electrons. The van der Waals surface area contributed by atoms with E-state index in [1.807, 2.05) is 12.2 Å². The first-order valence-electron chi connectivity index (χ1n) is 6.28. The average Bonchev–Trinajstić information content (AvgIpc) is 2.95. The number of nitrogens with zero attached hydrogens (tertiary/aromatic N) is 1. The molecule has 1 aromatic rings. The van der Waals surface area contributed by atoms with Crippen molar-refractivity contribution in [3.63, 3.8) is 0 Å². The third-order valence-electron chi connectivity index (χ3n) is 3.37. The molecule has 1 amide bonds. The first-order valence-corrected chi connectivity index (χ1v) is 6.28. The standard InChI is InChI=1S/C14H18N2O3/c1-9(18)11-6-13(16(2)7-11)14(19)15-12-4-3-10(5-12)8-17/h3-4,6-7,10,12,17H,5,8H2,1-2H3,(H,15,19)/t10-,12+/m0/s1. The molecule has 1 aromatic heterocycles. The Morgan fingerprint density at radius 2 is 2.21 bits per heavy atom. The number of ketones is 1. The van der Waals surface area contributed by atoms with Crippen molar-refractivity contribution in [3.8, 4) is 0 Å². The van der Waals surface area contributed by atoms with Gasteiger partial charge in [0.2, 0.25) is 0 Å². The highest BCUT2D eigenvalue weighted by atomic mass is 16.3. The van der Waals surface area contributed by atoms with E-state index in [0.29, 0.717) is 17.7 Å². The van der Waals surface area contributed by atoms with Crippen LogP contribution in [0, 0.1) is 5.92 Å². The van der Waals surface area contributed by atoms with Crippen LogP contribution in [-0.2, 0) is 7.05 Å². The summed E-state index contributed by atoms with van der Waals surface area (Å²) in [4.78, 5) is 23.4. The van der Waals surface area contributed by atoms with E-state index in [0.717, 1.165) is 0 Å². The van der Waals surface area contributed by atoms with E-state index in [1.165, 1.54) is 6.92 Å². The molecule has 0 aliphatic heterocycles. The number of amides is 1. The van der Waals surface area contributed by atoms with E-state index >= 15 is 0 Å². The molecule has 5 heteroatoms. The van der Waals surface area contributed by atoms with Gasteiger partial charge in [0.15, 0.2) is 5.78 Å². The number of aromatic nitrogens is 1. The van der Waals surface area contributed by atoms with E-state index in [-0.39, 0.29) is 30.3 Å². The first kappa shape index (κ1) is 13.5. The fourth-order valence-corrected chi connectivity index (χ4v) is 2.24. The molecule has 1 heterocycles. The summed E-state index contributed by atoms with van der Waals surface area (Å²) in [6, 6.07) is 1.54. The first-order chi connectivity index (χ1) is 9.01. The van der Waals surface area contributed by atoms with Gasteiger partial charge in [-0.1, -0.05) is 12.2 Å². The van der Waals surface area contributed by atoms with Crippen LogP contribution in [0.25, 0.3) is 0 Å². The minimum atomic E-state index is -0.205. The molecule has 0 unspecified atom stereocenters. The number of hydrogen-bond donors (Lipinski definition) is 2. The summed E-state index contributed by atoms with van der Waals surface area (Å²) >= 11 is 0. The lowest BCUT2D eigenvalue weighted by Gasteiger charge is -2.12. The molecule has 1 aliphatic rings. The van der Waals surface area contributed by atoms with Crippen molar-refractivity contribution >= 4 is 11.7 Å². The second-order valence-corrected chi connectivity index (χ2v) is 4.92. The minimum absolute atomic E-state index is 0.0553. The van der Waals surface area contributed by atoms with Gasteiger partial charge in [0.1, 0.15) is 5.69 Å². The van der Waals surface area contributed by atoms with Crippen LogP contribution < -0.4 is 5.32 Å². The van der Waals surface area contributed by atoms with Crippen LogP contribution in [-0.4, -0.2) is 34.0 Å². The number of aryl methyl sites for hydroxylation is 1. The van der Waals surface area contributed by atoms with Crippen LogP contribution in [0.1, 0.15) is 34.2 Å². The predicted octanol–water partition coefficient (Wildman–Crippen LogP) is 0.894. The van der Waals surface area contributed by atoms with Gasteiger partial charge < -0.3 is 15.0 Å². The maximum absolute atomic E-state index is 12.1. The molecule has 0 fully saturated rings. The number of carbonyl (C=O) groups excluding carboxylic acids is 2. The van der Waals surface area contributed by atoms with Gasteiger partial charge in [0, 0.05) is 37.4 Å². The summed E-state index contributed by atoms with van der Waals surface area (Å²) in [6.45, 7) is 1.57. The maximum atomic E-state index is 12.1. The molecule has 0 radical (unpaired) electrons. The van der Waals surface area contributed by atoms with Crippen LogP contribution in [0.5, 0.6) is 0 Å². The maximum Gasteiger partial charge on any atom is 0.268 e. The zero-order valence-electron chi connectivity index (χ0n) is 11.1. The van der Waals surface area contributed by atoms with Crippen LogP contribution in [0.2, 0.25) is 0 Å². The quantitative estimate of drug-likeness (QED) is 0.625. The third-order valence-corrected chi connectivity index (χ3v) is 3.37. The zero-order valence-corrected chi connectivity index (χ0v) is 11.1. The molecule has 0 saturated carbocycles. The molecule has 0 saturated heterocycles. The Balaban J connectivity index is 2.05. The number of Topliss-reactive ketones (excluding diaryl/α,β-unsaturated/α-hetero) is 1. The Hall–Kier alpha value is -1.88. The van der Waals surface area contributed by atoms with Crippen molar-refractivity contribution in [1.29, 1.82) is 0 Å². The van der Waals surface area contributed by atoms with Gasteiger partial charge in [-0.3, -0.25) is 9.59 Å². The van der Waals surface area contributed by atoms with Crippen LogP contribution >= 0.6 is 0 Å². The molecule has 0 spiro atoms. The number of rotatable bonds is 4. The van der Waals surface area contributed by atoms with E-state index in [4.69, 9.17) is 5.11 Å². The topological polar surface area (TPSA) is 71.3 Å². The van der Waals surface area contributed by atoms with Gasteiger partial charge in [0.05, 0.1) is 0 Å². The molecule has 5 nitrogen and oxygen atoms in total. The fourth-order valence-electron chi connectivity index (χ4n) is 2.24. The van der Waals surface area contributed by atoms with Crippen LogP contribution in [0.15, 0.2) is 24.4 Å². The number of aliphatic hydroxyl groups is 1. The molecular formula is C14H18N2O3. The van der Waals surface area contributed by atoms with Gasteiger partial charge in [-0.15, -0.1) is 0 Å². The lowest BCUT2D eigenvalue weighted by atomic mass is 10.1. The average molecular weight is 262 g/mol. The van der Waals surface area contributed by atoms with E-state index in [1.54, 1.807) is 23.9 Å². The van der Waals surface area contributed by atoms with Crippen molar-refractivity contribution in [2.24, 2.45) is 13.0 Å². The third kappa shape index (κ3) is 2.93. The Kier molecular flexibility index (Phi) is 3.85. The molecule has 0 aromatic carbocycles. The molecule has 2 N–H and O–H groups in total. The fraction of sp³-hybridized carbons (Fsp3) is 0.429. The van der Waals surface area contributed by atoms with Crippen molar-refractivity contribution in [2.45, 2.75) is 19.4 Å². The predicted molar refractivity (Wildman–Crippen MR) is 71.0 cm³/mol. The van der Waals surface area contributed by atoms with Crippen molar-refractivity contribution in [1.82, 2.24) is 9.88 Å².